The van der Waals surface area contributed by atoms with E-state index in [2.05, 4.69) is 4.90 Å². The van der Waals surface area contributed by atoms with E-state index in [0.29, 0.717) is 25.4 Å². The minimum atomic E-state index is -0.423. The molecule has 0 aromatic heterocycles. The highest BCUT2D eigenvalue weighted by Crippen LogP contribution is 2.24. The van der Waals surface area contributed by atoms with Crippen molar-refractivity contribution in [3.8, 4) is 5.75 Å². The maximum atomic E-state index is 12.9. The molecule has 0 spiro atoms. The standard InChI is InChI=1S/C16H22ClFN2O3/c1-12(21)11-19-5-7-20(8-6-19)16(22)4-9-23-15-3-2-13(18)10-14(15)17/h2-3,10,12,21H,4-9,11H2,1H3/t12-/m0/s1. The second kappa shape index (κ2) is 8.47. The number of aliphatic hydroxyl groups excluding tert-OH is 1. The van der Waals surface area contributed by atoms with Crippen molar-refractivity contribution in [1.82, 2.24) is 9.80 Å². The van der Waals surface area contributed by atoms with Gasteiger partial charge >= 0.3 is 0 Å². The van der Waals surface area contributed by atoms with Gasteiger partial charge in [0.25, 0.3) is 0 Å². The molecule has 1 aromatic rings. The third kappa shape index (κ3) is 5.64. The van der Waals surface area contributed by atoms with Gasteiger partial charge in [-0.3, -0.25) is 9.69 Å². The SMILES string of the molecule is C[C@H](O)CN1CCN(C(=O)CCOc2ccc(F)cc2Cl)CC1. The molecule has 0 saturated carbocycles. The molecular formula is C16H22ClFN2O3. The maximum absolute atomic E-state index is 12.9. The van der Waals surface area contributed by atoms with E-state index in [4.69, 9.17) is 16.3 Å². The van der Waals surface area contributed by atoms with Gasteiger partial charge in [-0.15, -0.1) is 0 Å². The monoisotopic (exact) mass is 344 g/mol. The third-order valence-electron chi connectivity index (χ3n) is 3.71. The van der Waals surface area contributed by atoms with Crippen molar-refractivity contribution in [2.75, 3.05) is 39.3 Å². The summed E-state index contributed by atoms with van der Waals surface area (Å²) in [6.07, 6.45) is -0.101. The fourth-order valence-corrected chi connectivity index (χ4v) is 2.77. The van der Waals surface area contributed by atoms with Crippen LogP contribution in [0.3, 0.4) is 0 Å². The predicted octanol–water partition coefficient (Wildman–Crippen LogP) is 1.77. The predicted molar refractivity (Wildman–Crippen MR) is 86.2 cm³/mol. The zero-order valence-corrected chi connectivity index (χ0v) is 13.9. The van der Waals surface area contributed by atoms with E-state index in [1.807, 2.05) is 0 Å². The van der Waals surface area contributed by atoms with E-state index >= 15 is 0 Å². The molecule has 2 rings (SSSR count). The summed E-state index contributed by atoms with van der Waals surface area (Å²) in [6, 6.07) is 3.90. The Hall–Kier alpha value is -1.37. The van der Waals surface area contributed by atoms with E-state index in [9.17, 15) is 14.3 Å². The molecule has 0 unspecified atom stereocenters. The molecule has 0 bridgehead atoms. The van der Waals surface area contributed by atoms with Crippen LogP contribution in [-0.2, 0) is 4.79 Å². The van der Waals surface area contributed by atoms with Crippen LogP contribution in [0.15, 0.2) is 18.2 Å². The fourth-order valence-electron chi connectivity index (χ4n) is 2.55. The van der Waals surface area contributed by atoms with Crippen LogP contribution in [0, 0.1) is 5.82 Å². The van der Waals surface area contributed by atoms with Gasteiger partial charge in [0, 0.05) is 32.7 Å². The normalized spacial score (nSPS) is 17.1. The van der Waals surface area contributed by atoms with Crippen LogP contribution in [0.4, 0.5) is 4.39 Å². The van der Waals surface area contributed by atoms with Crippen LogP contribution in [0.5, 0.6) is 5.75 Å². The quantitative estimate of drug-likeness (QED) is 0.854. The van der Waals surface area contributed by atoms with Gasteiger partial charge in [0.2, 0.25) is 5.91 Å². The lowest BCUT2D eigenvalue weighted by Gasteiger charge is -2.35. The second-order valence-electron chi connectivity index (χ2n) is 5.70. The van der Waals surface area contributed by atoms with Crippen LogP contribution in [0.1, 0.15) is 13.3 Å². The first-order chi connectivity index (χ1) is 11.0. The molecule has 1 saturated heterocycles. The summed E-state index contributed by atoms with van der Waals surface area (Å²) in [5.74, 6) is -0.0176. The van der Waals surface area contributed by atoms with E-state index < -0.39 is 5.82 Å². The number of β-amino-alcohol motifs (C(OH)–C–C–N with tert-alkyl or cyclic N) is 1. The number of aliphatic hydroxyl groups is 1. The third-order valence-corrected chi connectivity index (χ3v) is 4.01. The summed E-state index contributed by atoms with van der Waals surface area (Å²) in [7, 11) is 0. The fraction of sp³-hybridized carbons (Fsp3) is 0.562. The summed E-state index contributed by atoms with van der Waals surface area (Å²) in [5, 5.41) is 9.57. The molecule has 5 nitrogen and oxygen atoms in total. The Morgan fingerprint density at radius 1 is 1.39 bits per heavy atom. The first kappa shape index (κ1) is 18.0. The number of halogens is 2. The largest absolute Gasteiger partial charge is 0.491 e. The van der Waals surface area contributed by atoms with Gasteiger partial charge in [-0.1, -0.05) is 11.6 Å². The van der Waals surface area contributed by atoms with Crippen molar-refractivity contribution in [2.24, 2.45) is 0 Å². The highest BCUT2D eigenvalue weighted by atomic mass is 35.5. The minimum absolute atomic E-state index is 0.0277. The molecule has 1 fully saturated rings. The van der Waals surface area contributed by atoms with Crippen LogP contribution in [0.25, 0.3) is 0 Å². The van der Waals surface area contributed by atoms with Crippen molar-refractivity contribution in [1.29, 1.82) is 0 Å². The lowest BCUT2D eigenvalue weighted by molar-refractivity contribution is -0.133. The number of ether oxygens (including phenoxy) is 1. The lowest BCUT2D eigenvalue weighted by Crippen LogP contribution is -2.50. The van der Waals surface area contributed by atoms with Gasteiger partial charge in [0.1, 0.15) is 11.6 Å². The van der Waals surface area contributed by atoms with E-state index in [0.717, 1.165) is 13.1 Å². The molecule has 1 amide bonds. The van der Waals surface area contributed by atoms with Gasteiger partial charge in [0.05, 0.1) is 24.2 Å². The summed E-state index contributed by atoms with van der Waals surface area (Å²) < 4.78 is 18.4. The van der Waals surface area contributed by atoms with Gasteiger partial charge in [0.15, 0.2) is 0 Å². The molecule has 128 valence electrons. The number of benzene rings is 1. The van der Waals surface area contributed by atoms with Crippen LogP contribution in [-0.4, -0.2) is 66.2 Å². The Bertz CT molecular complexity index is 534. The molecule has 1 aromatic carbocycles. The zero-order chi connectivity index (χ0) is 16.8. The van der Waals surface area contributed by atoms with Crippen molar-refractivity contribution in [3.63, 3.8) is 0 Å². The average molecular weight is 345 g/mol. The second-order valence-corrected chi connectivity index (χ2v) is 6.11. The van der Waals surface area contributed by atoms with Crippen molar-refractivity contribution in [2.45, 2.75) is 19.4 Å². The highest BCUT2D eigenvalue weighted by Gasteiger charge is 2.21. The first-order valence-electron chi connectivity index (χ1n) is 7.72. The van der Waals surface area contributed by atoms with Crippen LogP contribution in [0.2, 0.25) is 5.02 Å². The number of hydrogen-bond donors (Lipinski definition) is 1. The summed E-state index contributed by atoms with van der Waals surface area (Å²) in [5.41, 5.74) is 0. The maximum Gasteiger partial charge on any atom is 0.226 e. The number of hydrogen-bond acceptors (Lipinski definition) is 4. The van der Waals surface area contributed by atoms with Crippen LogP contribution >= 0.6 is 11.6 Å². The number of carbonyl (C=O) groups is 1. The first-order valence-corrected chi connectivity index (χ1v) is 8.09. The van der Waals surface area contributed by atoms with Crippen molar-refractivity contribution in [3.05, 3.63) is 29.0 Å². The molecule has 1 N–H and O–H groups in total. The summed E-state index contributed by atoms with van der Waals surface area (Å²) in [6.45, 7) is 5.44. The van der Waals surface area contributed by atoms with Crippen molar-refractivity contribution < 1.29 is 19.0 Å². The van der Waals surface area contributed by atoms with E-state index in [1.165, 1.54) is 18.2 Å². The molecule has 1 aliphatic rings. The molecule has 23 heavy (non-hydrogen) atoms. The molecule has 1 atom stereocenters. The molecule has 1 heterocycles. The molecule has 0 aliphatic carbocycles. The number of piperazine rings is 1. The Kier molecular flexibility index (Phi) is 6.62. The minimum Gasteiger partial charge on any atom is -0.491 e. The number of carbonyl (C=O) groups excluding carboxylic acids is 1. The van der Waals surface area contributed by atoms with Gasteiger partial charge in [-0.25, -0.2) is 4.39 Å². The Morgan fingerprint density at radius 3 is 2.70 bits per heavy atom. The molecular weight excluding hydrogens is 323 g/mol. The average Bonchev–Trinajstić information content (AvgIpc) is 2.49. The number of amides is 1. The smallest absolute Gasteiger partial charge is 0.226 e. The number of rotatable bonds is 6. The Balaban J connectivity index is 1.71. The van der Waals surface area contributed by atoms with Gasteiger partial charge < -0.3 is 14.7 Å². The van der Waals surface area contributed by atoms with Crippen LogP contribution < -0.4 is 4.74 Å². The molecule has 0 radical (unpaired) electrons. The Morgan fingerprint density at radius 2 is 2.09 bits per heavy atom. The molecule has 1 aliphatic heterocycles. The molecule has 7 heteroatoms. The highest BCUT2D eigenvalue weighted by molar-refractivity contribution is 6.32. The Labute approximate surface area is 140 Å². The van der Waals surface area contributed by atoms with Crippen molar-refractivity contribution >= 4 is 17.5 Å². The lowest BCUT2D eigenvalue weighted by atomic mass is 10.2. The van der Waals surface area contributed by atoms with E-state index in [-0.39, 0.29) is 30.1 Å². The van der Waals surface area contributed by atoms with E-state index in [1.54, 1.807) is 11.8 Å². The van der Waals surface area contributed by atoms with Gasteiger partial charge in [-0.05, 0) is 25.1 Å². The zero-order valence-electron chi connectivity index (χ0n) is 13.2. The topological polar surface area (TPSA) is 53.0 Å². The summed E-state index contributed by atoms with van der Waals surface area (Å²) in [4.78, 5) is 16.1. The summed E-state index contributed by atoms with van der Waals surface area (Å²) >= 11 is 5.86. The van der Waals surface area contributed by atoms with Gasteiger partial charge in [-0.2, -0.15) is 0 Å². The number of nitrogens with zero attached hydrogens (tertiary/aromatic N) is 2.